The molecule has 0 aromatic heterocycles. The van der Waals surface area contributed by atoms with Gasteiger partial charge in [-0.25, -0.2) is 8.42 Å². The molecule has 0 saturated carbocycles. The SMILES string of the molecule is CN(CC(=O)N1CCC2CCC(C1)N2)S(C)(=O)=O.Cl. The zero-order valence-corrected chi connectivity index (χ0v) is 13.0. The lowest BCUT2D eigenvalue weighted by Gasteiger charge is -2.26. The number of halogens is 1. The Morgan fingerprint density at radius 1 is 1.32 bits per heavy atom. The molecule has 112 valence electrons. The van der Waals surface area contributed by atoms with Crippen molar-refractivity contribution >= 4 is 28.3 Å². The zero-order valence-electron chi connectivity index (χ0n) is 11.3. The molecule has 0 radical (unpaired) electrons. The summed E-state index contributed by atoms with van der Waals surface area (Å²) in [7, 11) is -1.85. The van der Waals surface area contributed by atoms with Gasteiger partial charge in [-0.2, -0.15) is 4.31 Å². The van der Waals surface area contributed by atoms with Crippen molar-refractivity contribution in [3.8, 4) is 0 Å². The Morgan fingerprint density at radius 2 is 1.95 bits per heavy atom. The molecule has 2 heterocycles. The molecule has 1 amide bonds. The Balaban J connectivity index is 0.00000180. The predicted molar refractivity (Wildman–Crippen MR) is 75.9 cm³/mol. The van der Waals surface area contributed by atoms with Gasteiger partial charge in [0, 0.05) is 32.2 Å². The molecule has 6 nitrogen and oxygen atoms in total. The van der Waals surface area contributed by atoms with E-state index in [4.69, 9.17) is 0 Å². The van der Waals surface area contributed by atoms with Gasteiger partial charge in [0.15, 0.2) is 0 Å². The summed E-state index contributed by atoms with van der Waals surface area (Å²) in [6.45, 7) is 1.37. The second kappa shape index (κ2) is 6.39. The van der Waals surface area contributed by atoms with Gasteiger partial charge in [0.1, 0.15) is 0 Å². The summed E-state index contributed by atoms with van der Waals surface area (Å²) in [6, 6.07) is 0.908. The lowest BCUT2D eigenvalue weighted by molar-refractivity contribution is -0.131. The molecule has 0 spiro atoms. The summed E-state index contributed by atoms with van der Waals surface area (Å²) in [5, 5.41) is 3.50. The van der Waals surface area contributed by atoms with E-state index in [1.165, 1.54) is 13.5 Å². The van der Waals surface area contributed by atoms with Crippen LogP contribution >= 0.6 is 12.4 Å². The highest BCUT2D eigenvalue weighted by atomic mass is 35.5. The van der Waals surface area contributed by atoms with E-state index in [1.807, 2.05) is 0 Å². The standard InChI is InChI=1S/C11H21N3O3S.ClH/c1-13(18(2,16)17)8-11(15)14-6-5-9-3-4-10(7-14)12-9;/h9-10,12H,3-8H2,1-2H3;1H. The number of sulfonamides is 1. The van der Waals surface area contributed by atoms with E-state index in [9.17, 15) is 13.2 Å². The summed E-state index contributed by atoms with van der Waals surface area (Å²) >= 11 is 0. The first-order chi connectivity index (χ1) is 8.36. The first kappa shape index (κ1) is 16.7. The number of rotatable bonds is 3. The van der Waals surface area contributed by atoms with Crippen molar-refractivity contribution in [1.29, 1.82) is 0 Å². The highest BCUT2D eigenvalue weighted by Crippen LogP contribution is 2.20. The van der Waals surface area contributed by atoms with Crippen LogP contribution in [-0.2, 0) is 14.8 Å². The summed E-state index contributed by atoms with van der Waals surface area (Å²) in [5.41, 5.74) is 0. The van der Waals surface area contributed by atoms with Gasteiger partial charge >= 0.3 is 0 Å². The van der Waals surface area contributed by atoms with E-state index >= 15 is 0 Å². The van der Waals surface area contributed by atoms with Crippen LogP contribution in [-0.4, -0.2) is 68.6 Å². The normalized spacial score (nSPS) is 27.0. The smallest absolute Gasteiger partial charge is 0.237 e. The largest absolute Gasteiger partial charge is 0.340 e. The van der Waals surface area contributed by atoms with E-state index in [0.717, 1.165) is 29.9 Å². The number of likely N-dealkylation sites (N-methyl/N-ethyl adjacent to an activating group) is 1. The van der Waals surface area contributed by atoms with E-state index in [-0.39, 0.29) is 24.9 Å². The van der Waals surface area contributed by atoms with E-state index in [1.54, 1.807) is 4.90 Å². The maximum absolute atomic E-state index is 12.1. The fourth-order valence-corrected chi connectivity index (χ4v) is 2.92. The molecular formula is C11H22ClN3O3S. The van der Waals surface area contributed by atoms with Gasteiger partial charge < -0.3 is 10.2 Å². The zero-order chi connectivity index (χ0) is 13.3. The molecule has 8 heteroatoms. The van der Waals surface area contributed by atoms with Gasteiger partial charge in [0.05, 0.1) is 12.8 Å². The molecule has 0 aromatic carbocycles. The van der Waals surface area contributed by atoms with Crippen LogP contribution in [0, 0.1) is 0 Å². The summed E-state index contributed by atoms with van der Waals surface area (Å²) in [5.74, 6) is -0.0997. The second-order valence-corrected chi connectivity index (χ2v) is 7.37. The molecule has 0 aromatic rings. The molecule has 2 aliphatic heterocycles. The van der Waals surface area contributed by atoms with Crippen molar-refractivity contribution in [2.24, 2.45) is 0 Å². The minimum absolute atomic E-state index is 0. The number of amides is 1. The highest BCUT2D eigenvalue weighted by Gasteiger charge is 2.31. The van der Waals surface area contributed by atoms with Crippen LogP contribution < -0.4 is 5.32 Å². The van der Waals surface area contributed by atoms with E-state index in [2.05, 4.69) is 5.32 Å². The van der Waals surface area contributed by atoms with Crippen molar-refractivity contribution in [3.05, 3.63) is 0 Å². The van der Waals surface area contributed by atoms with E-state index in [0.29, 0.717) is 18.6 Å². The first-order valence-electron chi connectivity index (χ1n) is 6.31. The summed E-state index contributed by atoms with van der Waals surface area (Å²) in [6.07, 6.45) is 4.38. The minimum atomic E-state index is -3.29. The number of nitrogens with zero attached hydrogens (tertiary/aromatic N) is 2. The Labute approximate surface area is 121 Å². The molecule has 2 fully saturated rings. The van der Waals surface area contributed by atoms with Gasteiger partial charge in [-0.3, -0.25) is 4.79 Å². The number of likely N-dealkylation sites (tertiary alicyclic amines) is 1. The first-order valence-corrected chi connectivity index (χ1v) is 8.16. The number of carbonyl (C=O) groups is 1. The van der Waals surface area contributed by atoms with Gasteiger partial charge in [-0.15, -0.1) is 12.4 Å². The lowest BCUT2D eigenvalue weighted by atomic mass is 10.1. The molecule has 0 aliphatic carbocycles. The fraction of sp³-hybridized carbons (Fsp3) is 0.909. The molecule has 1 N–H and O–H groups in total. The molecule has 2 rings (SSSR count). The average Bonchev–Trinajstić information content (AvgIpc) is 2.56. The van der Waals surface area contributed by atoms with Crippen molar-refractivity contribution in [1.82, 2.24) is 14.5 Å². The van der Waals surface area contributed by atoms with Crippen LogP contribution in [0.5, 0.6) is 0 Å². The van der Waals surface area contributed by atoms with Gasteiger partial charge in [-0.05, 0) is 19.3 Å². The third-order valence-corrected chi connectivity index (χ3v) is 5.06. The van der Waals surface area contributed by atoms with Crippen molar-refractivity contribution < 1.29 is 13.2 Å². The number of fused-ring (bicyclic) bond motifs is 2. The quantitative estimate of drug-likeness (QED) is 0.774. The minimum Gasteiger partial charge on any atom is -0.340 e. The van der Waals surface area contributed by atoms with Gasteiger partial charge in [0.2, 0.25) is 15.9 Å². The molecule has 2 unspecified atom stereocenters. The Hall–Kier alpha value is -0.370. The maximum atomic E-state index is 12.1. The van der Waals surface area contributed by atoms with Crippen LogP contribution in [0.3, 0.4) is 0 Å². The molecular weight excluding hydrogens is 290 g/mol. The predicted octanol–water partition coefficient (Wildman–Crippen LogP) is -0.347. The molecule has 2 bridgehead atoms. The van der Waals surface area contributed by atoms with Crippen LogP contribution in [0.25, 0.3) is 0 Å². The molecule has 19 heavy (non-hydrogen) atoms. The number of nitrogens with one attached hydrogen (secondary N) is 1. The Kier molecular flexibility index (Phi) is 5.61. The number of hydrogen-bond donors (Lipinski definition) is 1. The highest BCUT2D eigenvalue weighted by molar-refractivity contribution is 7.88. The molecule has 2 aliphatic rings. The van der Waals surface area contributed by atoms with Crippen LogP contribution in [0.1, 0.15) is 19.3 Å². The van der Waals surface area contributed by atoms with Crippen LogP contribution in [0.4, 0.5) is 0 Å². The van der Waals surface area contributed by atoms with Crippen LogP contribution in [0.15, 0.2) is 0 Å². The fourth-order valence-electron chi connectivity index (χ4n) is 2.58. The number of carbonyl (C=O) groups excluding carboxylic acids is 1. The van der Waals surface area contributed by atoms with Crippen LogP contribution in [0.2, 0.25) is 0 Å². The second-order valence-electron chi connectivity index (χ2n) is 5.29. The third-order valence-electron chi connectivity index (χ3n) is 3.80. The Bertz CT molecular complexity index is 429. The lowest BCUT2D eigenvalue weighted by Crippen LogP contribution is -2.44. The van der Waals surface area contributed by atoms with Gasteiger partial charge in [-0.1, -0.05) is 0 Å². The van der Waals surface area contributed by atoms with Gasteiger partial charge in [0.25, 0.3) is 0 Å². The maximum Gasteiger partial charge on any atom is 0.237 e. The monoisotopic (exact) mass is 311 g/mol. The Morgan fingerprint density at radius 3 is 2.58 bits per heavy atom. The third kappa shape index (κ3) is 4.30. The van der Waals surface area contributed by atoms with Crippen molar-refractivity contribution in [3.63, 3.8) is 0 Å². The summed E-state index contributed by atoms with van der Waals surface area (Å²) in [4.78, 5) is 13.9. The van der Waals surface area contributed by atoms with E-state index < -0.39 is 10.0 Å². The molecule has 2 saturated heterocycles. The average molecular weight is 312 g/mol. The van der Waals surface area contributed by atoms with Crippen molar-refractivity contribution in [2.75, 3.05) is 32.9 Å². The van der Waals surface area contributed by atoms with Crippen molar-refractivity contribution in [2.45, 2.75) is 31.3 Å². The molecule has 2 atom stereocenters. The topological polar surface area (TPSA) is 69.7 Å². The summed E-state index contributed by atoms with van der Waals surface area (Å²) < 4.78 is 23.7. The number of hydrogen-bond acceptors (Lipinski definition) is 4.